The third-order valence-corrected chi connectivity index (χ3v) is 1.50. The van der Waals surface area contributed by atoms with Crippen molar-refractivity contribution in [3.05, 3.63) is 6.33 Å². The van der Waals surface area contributed by atoms with Gasteiger partial charge in [-0.1, -0.05) is 0 Å². The Hall–Kier alpha value is -1.20. The van der Waals surface area contributed by atoms with E-state index in [0.717, 1.165) is 0 Å². The van der Waals surface area contributed by atoms with Crippen molar-refractivity contribution in [2.75, 3.05) is 5.73 Å². The van der Waals surface area contributed by atoms with Gasteiger partial charge in [0, 0.05) is 6.42 Å². The first-order valence-electron chi connectivity index (χ1n) is 3.54. The highest BCUT2D eigenvalue weighted by Gasteiger charge is 2.12. The van der Waals surface area contributed by atoms with Crippen LogP contribution in [0.2, 0.25) is 0 Å². The Balaban J connectivity index is 2.58. The van der Waals surface area contributed by atoms with Crippen LogP contribution >= 0.6 is 0 Å². The van der Waals surface area contributed by atoms with E-state index in [4.69, 9.17) is 5.73 Å². The van der Waals surface area contributed by atoms with Crippen molar-refractivity contribution in [3.63, 3.8) is 0 Å². The number of halogens is 2. The molecule has 1 atom stereocenters. The normalized spacial score (nSPS) is 13.7. The van der Waals surface area contributed by atoms with E-state index in [2.05, 4.69) is 10.1 Å². The van der Waals surface area contributed by atoms with Crippen LogP contribution < -0.4 is 5.73 Å². The van der Waals surface area contributed by atoms with E-state index in [1.807, 2.05) is 0 Å². The van der Waals surface area contributed by atoms with Crippen molar-refractivity contribution in [3.8, 4) is 0 Å². The summed E-state index contributed by atoms with van der Waals surface area (Å²) in [6.45, 7) is 1.64. The predicted octanol–water partition coefficient (Wildman–Crippen LogP) is 1.08. The molecule has 0 fully saturated rings. The molecule has 0 saturated heterocycles. The lowest BCUT2D eigenvalue weighted by Crippen LogP contribution is -2.09. The molecule has 0 saturated carbocycles. The van der Waals surface area contributed by atoms with Crippen LogP contribution in [-0.2, 0) is 0 Å². The molecule has 0 aromatic carbocycles. The lowest BCUT2D eigenvalue weighted by atomic mass is 10.2. The fourth-order valence-electron chi connectivity index (χ4n) is 0.866. The molecule has 4 nitrogen and oxygen atoms in total. The molecule has 6 heteroatoms. The van der Waals surface area contributed by atoms with E-state index in [1.54, 1.807) is 6.92 Å². The molecule has 0 radical (unpaired) electrons. The maximum absolute atomic E-state index is 11.9. The van der Waals surface area contributed by atoms with Gasteiger partial charge in [-0.2, -0.15) is 0 Å². The molecule has 1 aromatic heterocycles. The predicted molar refractivity (Wildman–Crippen MR) is 39.8 cm³/mol. The zero-order chi connectivity index (χ0) is 9.14. The summed E-state index contributed by atoms with van der Waals surface area (Å²) < 4.78 is 25.1. The van der Waals surface area contributed by atoms with E-state index in [-0.39, 0.29) is 18.4 Å². The Morgan fingerprint density at radius 2 is 2.33 bits per heavy atom. The highest BCUT2D eigenvalue weighted by molar-refractivity contribution is 5.09. The van der Waals surface area contributed by atoms with Crippen LogP contribution in [0.4, 0.5) is 14.7 Å². The van der Waals surface area contributed by atoms with E-state index < -0.39 is 6.43 Å². The van der Waals surface area contributed by atoms with Gasteiger partial charge in [-0.05, 0) is 6.92 Å². The average molecular weight is 176 g/mol. The summed E-state index contributed by atoms with van der Waals surface area (Å²) in [5, 5.41) is 3.71. The van der Waals surface area contributed by atoms with Crippen molar-refractivity contribution in [2.45, 2.75) is 25.8 Å². The van der Waals surface area contributed by atoms with Crippen molar-refractivity contribution < 1.29 is 8.78 Å². The molecule has 0 spiro atoms. The van der Waals surface area contributed by atoms with Crippen LogP contribution in [0.1, 0.15) is 19.4 Å². The maximum atomic E-state index is 11.9. The molecule has 1 unspecified atom stereocenters. The van der Waals surface area contributed by atoms with Gasteiger partial charge in [-0.25, -0.2) is 18.4 Å². The van der Waals surface area contributed by atoms with Gasteiger partial charge in [0.1, 0.15) is 6.33 Å². The maximum Gasteiger partial charge on any atom is 0.240 e. The summed E-state index contributed by atoms with van der Waals surface area (Å²) in [5.74, 6) is 0.108. The van der Waals surface area contributed by atoms with E-state index >= 15 is 0 Å². The number of hydrogen-bond acceptors (Lipinski definition) is 3. The molecule has 0 amide bonds. The van der Waals surface area contributed by atoms with Crippen LogP contribution in [0.15, 0.2) is 6.33 Å². The molecule has 1 rings (SSSR count). The van der Waals surface area contributed by atoms with Crippen molar-refractivity contribution in [1.29, 1.82) is 0 Å². The molecule has 0 aliphatic heterocycles. The number of nitrogens with two attached hydrogens (primary N) is 1. The Labute approximate surface area is 68.4 Å². The standard InChI is InChI=1S/C6H10F2N4/c1-4(2-5(7)8)12-3-10-6(9)11-12/h3-5H,2H2,1H3,(H2,9,11). The zero-order valence-corrected chi connectivity index (χ0v) is 6.61. The Bertz CT molecular complexity index is 247. The van der Waals surface area contributed by atoms with Gasteiger partial charge >= 0.3 is 0 Å². The monoisotopic (exact) mass is 176 g/mol. The highest BCUT2D eigenvalue weighted by atomic mass is 19.3. The third-order valence-electron chi connectivity index (χ3n) is 1.50. The van der Waals surface area contributed by atoms with Crippen LogP contribution in [0.25, 0.3) is 0 Å². The second-order valence-electron chi connectivity index (χ2n) is 2.56. The second-order valence-corrected chi connectivity index (χ2v) is 2.56. The Kier molecular flexibility index (Phi) is 2.57. The fourth-order valence-corrected chi connectivity index (χ4v) is 0.866. The quantitative estimate of drug-likeness (QED) is 0.749. The van der Waals surface area contributed by atoms with Crippen LogP contribution in [0.3, 0.4) is 0 Å². The summed E-state index contributed by atoms with van der Waals surface area (Å²) in [6, 6.07) is -0.366. The molecule has 1 heterocycles. The zero-order valence-electron chi connectivity index (χ0n) is 6.61. The second kappa shape index (κ2) is 3.46. The van der Waals surface area contributed by atoms with Gasteiger partial charge in [0.15, 0.2) is 0 Å². The van der Waals surface area contributed by atoms with Gasteiger partial charge in [-0.3, -0.25) is 0 Å². The van der Waals surface area contributed by atoms with E-state index in [0.29, 0.717) is 0 Å². The number of hydrogen-bond donors (Lipinski definition) is 1. The highest BCUT2D eigenvalue weighted by Crippen LogP contribution is 2.14. The Morgan fingerprint density at radius 1 is 1.67 bits per heavy atom. The molecular formula is C6H10F2N4. The summed E-state index contributed by atoms with van der Waals surface area (Å²) >= 11 is 0. The Morgan fingerprint density at radius 3 is 2.75 bits per heavy atom. The molecule has 1 aromatic rings. The average Bonchev–Trinajstić information content (AvgIpc) is 2.34. The number of alkyl halides is 2. The molecule has 0 aliphatic carbocycles. The van der Waals surface area contributed by atoms with Crippen molar-refractivity contribution >= 4 is 5.95 Å². The molecule has 12 heavy (non-hydrogen) atoms. The molecule has 68 valence electrons. The largest absolute Gasteiger partial charge is 0.367 e. The first kappa shape index (κ1) is 8.89. The van der Waals surface area contributed by atoms with Gasteiger partial charge in [-0.15, -0.1) is 5.10 Å². The lowest BCUT2D eigenvalue weighted by molar-refractivity contribution is 0.117. The first-order valence-corrected chi connectivity index (χ1v) is 3.54. The van der Waals surface area contributed by atoms with Crippen molar-refractivity contribution in [1.82, 2.24) is 14.8 Å². The van der Waals surface area contributed by atoms with Crippen molar-refractivity contribution in [2.24, 2.45) is 0 Å². The number of aromatic nitrogens is 3. The van der Waals surface area contributed by atoms with Crippen LogP contribution in [0, 0.1) is 0 Å². The molecule has 0 aliphatic rings. The van der Waals surface area contributed by atoms with Crippen LogP contribution in [0.5, 0.6) is 0 Å². The minimum atomic E-state index is -2.33. The lowest BCUT2D eigenvalue weighted by Gasteiger charge is -2.09. The summed E-state index contributed by atoms with van der Waals surface area (Å²) in [7, 11) is 0. The number of rotatable bonds is 3. The smallest absolute Gasteiger partial charge is 0.240 e. The van der Waals surface area contributed by atoms with Crippen LogP contribution in [-0.4, -0.2) is 21.2 Å². The minimum Gasteiger partial charge on any atom is -0.367 e. The number of nitrogen functional groups attached to an aromatic ring is 1. The summed E-state index contributed by atoms with van der Waals surface area (Å²) in [4.78, 5) is 3.63. The number of anilines is 1. The third kappa shape index (κ3) is 2.14. The van der Waals surface area contributed by atoms with Gasteiger partial charge < -0.3 is 5.73 Å². The first-order chi connectivity index (χ1) is 5.59. The van der Waals surface area contributed by atoms with E-state index in [1.165, 1.54) is 11.0 Å². The fraction of sp³-hybridized carbons (Fsp3) is 0.667. The van der Waals surface area contributed by atoms with Gasteiger partial charge in [0.05, 0.1) is 6.04 Å². The number of nitrogens with zero attached hydrogens (tertiary/aromatic N) is 3. The van der Waals surface area contributed by atoms with Gasteiger partial charge in [0.2, 0.25) is 12.4 Å². The summed E-state index contributed by atoms with van der Waals surface area (Å²) in [6.07, 6.45) is -1.21. The topological polar surface area (TPSA) is 56.7 Å². The van der Waals surface area contributed by atoms with Gasteiger partial charge in [0.25, 0.3) is 0 Å². The molecule has 2 N–H and O–H groups in total. The molecule has 0 bridgehead atoms. The summed E-state index contributed by atoms with van der Waals surface area (Å²) in [5.41, 5.74) is 5.22. The van der Waals surface area contributed by atoms with E-state index in [9.17, 15) is 8.78 Å². The minimum absolute atomic E-state index is 0.108. The SMILES string of the molecule is CC(CC(F)F)n1cnc(N)n1. The molecular weight excluding hydrogens is 166 g/mol.